The first kappa shape index (κ1) is 24.0. The summed E-state index contributed by atoms with van der Waals surface area (Å²) in [6, 6.07) is 7.50. The Balaban J connectivity index is 1.44. The molecule has 3 N–H and O–H groups in total. The zero-order chi connectivity index (χ0) is 26.8. The minimum atomic E-state index is -3.73. The number of aromatic amines is 1. The molecule has 1 aliphatic heterocycles. The number of anilines is 1. The number of H-pyrrole nitrogens is 1. The number of nitrogens with zero attached hydrogens (tertiary/aromatic N) is 5. The van der Waals surface area contributed by atoms with Crippen LogP contribution in [-0.2, 0) is 9.84 Å². The summed E-state index contributed by atoms with van der Waals surface area (Å²) < 4.78 is 54.5. The Morgan fingerprint density at radius 3 is 2.74 bits per heavy atom. The number of nitrogens with two attached hydrogens (primary N) is 1. The molecule has 6 rings (SSSR count). The Morgan fingerprint density at radius 1 is 1.16 bits per heavy atom. The number of hydrogen-bond acceptors (Lipinski definition) is 7. The van der Waals surface area contributed by atoms with Crippen LogP contribution < -0.4 is 10.6 Å². The molecule has 1 atom stereocenters. The third kappa shape index (κ3) is 3.95. The summed E-state index contributed by atoms with van der Waals surface area (Å²) in [7, 11) is -3.73. The van der Waals surface area contributed by atoms with E-state index in [1.807, 2.05) is 4.90 Å². The number of aromatic nitrogens is 5. The van der Waals surface area contributed by atoms with Gasteiger partial charge in [0, 0.05) is 24.6 Å². The minimum Gasteiger partial charge on any atom is -0.366 e. The monoisotopic (exact) mass is 537 g/mol. The van der Waals surface area contributed by atoms with E-state index in [0.717, 1.165) is 24.8 Å². The lowest BCUT2D eigenvalue weighted by Gasteiger charge is -2.26. The molecule has 1 aliphatic rings. The number of imidazole rings is 1. The molecule has 1 amide bonds. The first-order chi connectivity index (χ1) is 18.1. The Labute approximate surface area is 215 Å². The molecule has 3 aromatic heterocycles. The van der Waals surface area contributed by atoms with Crippen molar-refractivity contribution in [1.82, 2.24) is 24.6 Å². The molecule has 0 radical (unpaired) electrons. The number of primary amides is 1. The molecule has 38 heavy (non-hydrogen) atoms. The van der Waals surface area contributed by atoms with E-state index < -0.39 is 27.4 Å². The van der Waals surface area contributed by atoms with Crippen LogP contribution in [0.2, 0.25) is 0 Å². The highest BCUT2D eigenvalue weighted by Crippen LogP contribution is 2.37. The van der Waals surface area contributed by atoms with E-state index in [1.54, 1.807) is 23.0 Å². The van der Waals surface area contributed by atoms with Gasteiger partial charge in [0.05, 0.1) is 39.3 Å². The lowest BCUT2D eigenvalue weighted by molar-refractivity contribution is 0.0997. The van der Waals surface area contributed by atoms with E-state index in [9.17, 15) is 22.0 Å². The quantitative estimate of drug-likeness (QED) is 0.350. The summed E-state index contributed by atoms with van der Waals surface area (Å²) in [5.74, 6) is -0.931. The molecule has 0 saturated carbocycles. The number of benzene rings is 2. The average Bonchev–Trinajstić information content (AvgIpc) is 3.61. The summed E-state index contributed by atoms with van der Waals surface area (Å²) in [4.78, 5) is 26.0. The average molecular weight is 538 g/mol. The molecule has 4 heterocycles. The largest absolute Gasteiger partial charge is 0.366 e. The highest BCUT2D eigenvalue weighted by Gasteiger charge is 2.30. The lowest BCUT2D eigenvalue weighted by atomic mass is 10.0. The number of fused-ring (bicyclic) bond motifs is 2. The highest BCUT2D eigenvalue weighted by atomic mass is 32.2. The van der Waals surface area contributed by atoms with Crippen LogP contribution in [0.5, 0.6) is 0 Å². The van der Waals surface area contributed by atoms with Crippen LogP contribution in [0.25, 0.3) is 28.1 Å². The van der Waals surface area contributed by atoms with Crippen molar-refractivity contribution < 1.29 is 22.0 Å². The van der Waals surface area contributed by atoms with Gasteiger partial charge in [0.15, 0.2) is 15.5 Å². The maximum absolute atomic E-state index is 14.6. The van der Waals surface area contributed by atoms with Gasteiger partial charge >= 0.3 is 0 Å². The number of carbonyl (C=O) groups excluding carboxylic acids is 1. The second-order valence-corrected chi connectivity index (χ2v) is 11.2. The van der Waals surface area contributed by atoms with Gasteiger partial charge in [-0.15, -0.1) is 0 Å². The van der Waals surface area contributed by atoms with E-state index in [1.165, 1.54) is 18.2 Å². The summed E-state index contributed by atoms with van der Waals surface area (Å²) in [5, 5.41) is 4.33. The third-order valence-corrected chi connectivity index (χ3v) is 7.86. The molecule has 194 valence electrons. The lowest BCUT2D eigenvalue weighted by Crippen LogP contribution is -2.24. The third-order valence-electron chi connectivity index (χ3n) is 6.72. The predicted octanol–water partition coefficient (Wildman–Crippen LogP) is 3.39. The molecule has 10 nitrogen and oxygen atoms in total. The van der Waals surface area contributed by atoms with Crippen LogP contribution in [0.4, 0.5) is 14.6 Å². The normalized spacial score (nSPS) is 16.1. The van der Waals surface area contributed by atoms with Crippen molar-refractivity contribution in [3.05, 3.63) is 71.6 Å². The zero-order valence-electron chi connectivity index (χ0n) is 20.0. The van der Waals surface area contributed by atoms with Crippen molar-refractivity contribution >= 4 is 38.2 Å². The molecule has 0 aliphatic carbocycles. The number of amides is 1. The van der Waals surface area contributed by atoms with Crippen molar-refractivity contribution in [2.24, 2.45) is 5.73 Å². The number of sulfone groups is 1. The fourth-order valence-electron chi connectivity index (χ4n) is 4.98. The highest BCUT2D eigenvalue weighted by molar-refractivity contribution is 7.90. The number of nitrogens with one attached hydrogen (secondary N) is 1. The maximum atomic E-state index is 14.6. The molecular formula is C25H21F2N7O3S. The summed E-state index contributed by atoms with van der Waals surface area (Å²) in [5.41, 5.74) is 7.25. The first-order valence-corrected chi connectivity index (χ1v) is 13.6. The van der Waals surface area contributed by atoms with E-state index >= 15 is 0 Å². The molecular weight excluding hydrogens is 516 g/mol. The van der Waals surface area contributed by atoms with Gasteiger partial charge < -0.3 is 15.6 Å². The van der Waals surface area contributed by atoms with Gasteiger partial charge in [-0.05, 0) is 49.2 Å². The standard InChI is InChI=1S/C25H21F2N7O3S/c1-38(36,37)21-11-19-18(10-15(21)23(28)35)30-24(31-19)16-12-29-34-8-6-22(32-25(16)34)33-7-2-3-20(33)14-9-13(26)4-5-17(14)27/h4-6,8-12,20H,2-3,7H2,1H3,(H2,28,35)(H,30,31)/t20-/m1/s1. The van der Waals surface area contributed by atoms with Crippen LogP contribution in [0.3, 0.4) is 0 Å². The molecule has 0 bridgehead atoms. The zero-order valence-corrected chi connectivity index (χ0v) is 20.8. The predicted molar refractivity (Wildman–Crippen MR) is 135 cm³/mol. The molecule has 0 spiro atoms. The second kappa shape index (κ2) is 8.58. The van der Waals surface area contributed by atoms with Gasteiger partial charge in [-0.1, -0.05) is 0 Å². The number of hydrogen-bond donors (Lipinski definition) is 2. The van der Waals surface area contributed by atoms with Crippen LogP contribution >= 0.6 is 0 Å². The smallest absolute Gasteiger partial charge is 0.250 e. The van der Waals surface area contributed by atoms with Crippen LogP contribution in [0.15, 0.2) is 53.7 Å². The molecule has 2 aromatic carbocycles. The van der Waals surface area contributed by atoms with Crippen LogP contribution in [0, 0.1) is 11.6 Å². The van der Waals surface area contributed by atoms with Crippen molar-refractivity contribution in [1.29, 1.82) is 0 Å². The molecule has 5 aromatic rings. The molecule has 0 unspecified atom stereocenters. The van der Waals surface area contributed by atoms with E-state index in [0.29, 0.717) is 46.9 Å². The first-order valence-electron chi connectivity index (χ1n) is 11.7. The summed E-state index contributed by atoms with van der Waals surface area (Å²) >= 11 is 0. The SMILES string of the molecule is CS(=O)(=O)c1cc2[nH]c(-c3cnn4ccc(N5CCC[C@@H]5c5cc(F)ccc5F)nc34)nc2cc1C(N)=O. The van der Waals surface area contributed by atoms with Crippen molar-refractivity contribution in [2.75, 3.05) is 17.7 Å². The van der Waals surface area contributed by atoms with Gasteiger partial charge in [-0.3, -0.25) is 4.79 Å². The van der Waals surface area contributed by atoms with E-state index in [2.05, 4.69) is 15.1 Å². The topological polar surface area (TPSA) is 139 Å². The second-order valence-electron chi connectivity index (χ2n) is 9.22. The number of carbonyl (C=O) groups is 1. The van der Waals surface area contributed by atoms with Gasteiger partial charge in [0.2, 0.25) is 5.91 Å². The summed E-state index contributed by atoms with van der Waals surface area (Å²) in [6.07, 6.45) is 5.70. The number of rotatable bonds is 5. The molecule has 1 saturated heterocycles. The van der Waals surface area contributed by atoms with Crippen LogP contribution in [0.1, 0.15) is 34.8 Å². The van der Waals surface area contributed by atoms with Crippen molar-refractivity contribution in [3.8, 4) is 11.4 Å². The van der Waals surface area contributed by atoms with E-state index in [-0.39, 0.29) is 22.1 Å². The Hall–Kier alpha value is -4.39. The Kier molecular flexibility index (Phi) is 5.42. The van der Waals surface area contributed by atoms with Gasteiger partial charge in [0.25, 0.3) is 0 Å². The summed E-state index contributed by atoms with van der Waals surface area (Å²) in [6.45, 7) is 0.613. The van der Waals surface area contributed by atoms with Gasteiger partial charge in [-0.25, -0.2) is 31.7 Å². The maximum Gasteiger partial charge on any atom is 0.250 e. The van der Waals surface area contributed by atoms with Crippen molar-refractivity contribution in [3.63, 3.8) is 0 Å². The molecule has 1 fully saturated rings. The fourth-order valence-corrected chi connectivity index (χ4v) is 5.88. The van der Waals surface area contributed by atoms with Crippen molar-refractivity contribution in [2.45, 2.75) is 23.8 Å². The number of halogens is 2. The Morgan fingerprint density at radius 2 is 1.97 bits per heavy atom. The van der Waals surface area contributed by atoms with E-state index in [4.69, 9.17) is 10.7 Å². The molecule has 13 heteroatoms. The van der Waals surface area contributed by atoms with Gasteiger partial charge in [-0.2, -0.15) is 5.10 Å². The van der Waals surface area contributed by atoms with Crippen LogP contribution in [-0.4, -0.2) is 51.7 Å². The Bertz CT molecular complexity index is 1870. The van der Waals surface area contributed by atoms with Gasteiger partial charge in [0.1, 0.15) is 23.3 Å². The minimum absolute atomic E-state index is 0.150. The fraction of sp³-hybridized carbons (Fsp3) is 0.200.